The minimum absolute atomic E-state index is 0.0209. The number of fused-ring (bicyclic) bond motifs is 2. The smallest absolute Gasteiger partial charge is 0.351 e. The fourth-order valence-corrected chi connectivity index (χ4v) is 3.56. The largest absolute Gasteiger partial charge is 0.462 e. The first-order chi connectivity index (χ1) is 16.7. The summed E-state index contributed by atoms with van der Waals surface area (Å²) in [5.41, 5.74) is -2.05. The Labute approximate surface area is 195 Å². The number of hydrogen-bond donors (Lipinski definition) is 0. The van der Waals surface area contributed by atoms with E-state index >= 15 is 0 Å². The number of carbonyl (C=O) groups is 4. The highest BCUT2D eigenvalue weighted by Gasteiger charge is 2.40. The van der Waals surface area contributed by atoms with Gasteiger partial charge in [-0.1, -0.05) is 6.07 Å². The molecule has 0 saturated heterocycles. The molecular weight excluding hydrogens is 464 g/mol. The summed E-state index contributed by atoms with van der Waals surface area (Å²) in [6.45, 7) is 1.33. The number of nitrogens with zero attached hydrogens (tertiary/aromatic N) is 2. The van der Waals surface area contributed by atoms with Crippen LogP contribution in [-0.4, -0.2) is 46.7 Å². The zero-order chi connectivity index (χ0) is 25.3. The molecule has 2 amide bonds. The van der Waals surface area contributed by atoms with Gasteiger partial charge in [-0.3, -0.25) is 29.4 Å². The summed E-state index contributed by atoms with van der Waals surface area (Å²) in [7, 11) is 0. The first kappa shape index (κ1) is 23.3. The summed E-state index contributed by atoms with van der Waals surface area (Å²) in [6, 6.07) is 9.16. The Morgan fingerprint density at radius 1 is 1.09 bits per heavy atom. The van der Waals surface area contributed by atoms with Gasteiger partial charge < -0.3 is 13.9 Å². The van der Waals surface area contributed by atoms with Crippen molar-refractivity contribution >= 4 is 40.4 Å². The lowest BCUT2D eigenvalue weighted by Gasteiger charge is -2.13. The molecule has 0 aliphatic carbocycles. The van der Waals surface area contributed by atoms with E-state index in [9.17, 15) is 34.1 Å². The van der Waals surface area contributed by atoms with Crippen LogP contribution >= 0.6 is 0 Å². The summed E-state index contributed by atoms with van der Waals surface area (Å²) in [5, 5.41) is 11.6. The number of ether oxygens (including phenoxy) is 2. The Kier molecular flexibility index (Phi) is 6.10. The minimum Gasteiger partial charge on any atom is -0.462 e. The van der Waals surface area contributed by atoms with E-state index in [0.717, 1.165) is 11.0 Å². The van der Waals surface area contributed by atoms with Crippen LogP contribution < -0.4 is 10.4 Å². The van der Waals surface area contributed by atoms with Crippen molar-refractivity contribution < 1.29 is 38.0 Å². The van der Waals surface area contributed by atoms with Crippen LogP contribution in [0.1, 0.15) is 44.4 Å². The molecule has 0 N–H and O–H groups in total. The van der Waals surface area contributed by atoms with Gasteiger partial charge in [-0.25, -0.2) is 9.59 Å². The maximum Gasteiger partial charge on any atom is 0.351 e. The quantitative estimate of drug-likeness (QED) is 0.123. The van der Waals surface area contributed by atoms with Crippen LogP contribution in [-0.2, 0) is 9.53 Å². The van der Waals surface area contributed by atoms with Crippen molar-refractivity contribution in [1.82, 2.24) is 4.90 Å². The summed E-state index contributed by atoms with van der Waals surface area (Å²) in [4.78, 5) is 72.5. The molecule has 0 bridgehead atoms. The van der Waals surface area contributed by atoms with Gasteiger partial charge in [0.05, 0.1) is 23.5 Å². The molecule has 0 unspecified atom stereocenters. The molecule has 1 aliphatic rings. The Morgan fingerprint density at radius 3 is 2.57 bits per heavy atom. The third-order valence-electron chi connectivity index (χ3n) is 5.15. The second-order valence-electron chi connectivity index (χ2n) is 7.31. The normalized spacial score (nSPS) is 12.5. The first-order valence-electron chi connectivity index (χ1n) is 10.3. The van der Waals surface area contributed by atoms with Crippen LogP contribution in [0.3, 0.4) is 0 Å². The minimum atomic E-state index is -0.917. The third kappa shape index (κ3) is 4.36. The highest BCUT2D eigenvalue weighted by Crippen LogP contribution is 2.31. The summed E-state index contributed by atoms with van der Waals surface area (Å²) >= 11 is 0. The molecule has 0 saturated carbocycles. The molecule has 12 heteroatoms. The highest BCUT2D eigenvalue weighted by atomic mass is 16.6. The molecule has 2 aromatic carbocycles. The predicted octanol–water partition coefficient (Wildman–Crippen LogP) is 2.47. The molecule has 12 nitrogen and oxygen atoms in total. The molecule has 1 aliphatic heterocycles. The molecule has 0 spiro atoms. The topological polar surface area (TPSA) is 163 Å². The number of amides is 2. The van der Waals surface area contributed by atoms with Crippen LogP contribution in [0, 0.1) is 10.1 Å². The number of carbonyl (C=O) groups excluding carboxylic acids is 4. The van der Waals surface area contributed by atoms with Crippen molar-refractivity contribution in [3.8, 4) is 5.75 Å². The first-order valence-corrected chi connectivity index (χ1v) is 10.3. The van der Waals surface area contributed by atoms with Gasteiger partial charge >= 0.3 is 17.6 Å². The highest BCUT2D eigenvalue weighted by molar-refractivity contribution is 6.23. The van der Waals surface area contributed by atoms with Gasteiger partial charge in [0.1, 0.15) is 22.5 Å². The van der Waals surface area contributed by atoms with E-state index in [-0.39, 0.29) is 47.6 Å². The Bertz CT molecular complexity index is 1470. The van der Waals surface area contributed by atoms with Gasteiger partial charge in [0, 0.05) is 24.1 Å². The van der Waals surface area contributed by atoms with E-state index in [1.54, 1.807) is 6.92 Å². The summed E-state index contributed by atoms with van der Waals surface area (Å²) in [6.07, 6.45) is -0.386. The van der Waals surface area contributed by atoms with Gasteiger partial charge in [-0.05, 0) is 31.2 Å². The molecule has 2 heterocycles. The van der Waals surface area contributed by atoms with Crippen molar-refractivity contribution in [1.29, 1.82) is 0 Å². The van der Waals surface area contributed by atoms with Crippen molar-refractivity contribution in [2.75, 3.05) is 13.2 Å². The Morgan fingerprint density at radius 2 is 1.86 bits per heavy atom. The molecule has 0 fully saturated rings. The van der Waals surface area contributed by atoms with Crippen LogP contribution in [0.15, 0.2) is 51.7 Å². The number of benzene rings is 2. The van der Waals surface area contributed by atoms with E-state index in [1.807, 2.05) is 0 Å². The summed E-state index contributed by atoms with van der Waals surface area (Å²) in [5.74, 6) is -3.22. The molecule has 0 atom stereocenters. The second-order valence-corrected chi connectivity index (χ2v) is 7.31. The van der Waals surface area contributed by atoms with Crippen molar-refractivity contribution in [2.45, 2.75) is 13.3 Å². The van der Waals surface area contributed by atoms with Gasteiger partial charge in [-0.15, -0.1) is 0 Å². The lowest BCUT2D eigenvalue weighted by molar-refractivity contribution is -0.385. The van der Waals surface area contributed by atoms with Crippen molar-refractivity contribution in [3.63, 3.8) is 0 Å². The van der Waals surface area contributed by atoms with Crippen LogP contribution in [0.5, 0.6) is 5.75 Å². The predicted molar refractivity (Wildman–Crippen MR) is 117 cm³/mol. The molecule has 0 radical (unpaired) electrons. The average Bonchev–Trinajstić information content (AvgIpc) is 3.06. The van der Waals surface area contributed by atoms with Gasteiger partial charge in [0.15, 0.2) is 0 Å². The van der Waals surface area contributed by atoms with Gasteiger partial charge in [0.2, 0.25) is 0 Å². The lowest BCUT2D eigenvalue weighted by atomic mass is 10.1. The van der Waals surface area contributed by atoms with Crippen LogP contribution in [0.2, 0.25) is 0 Å². The number of esters is 2. The van der Waals surface area contributed by atoms with E-state index < -0.39 is 40.0 Å². The van der Waals surface area contributed by atoms with Gasteiger partial charge in [0.25, 0.3) is 17.5 Å². The molecular formula is C23H16N2O10. The van der Waals surface area contributed by atoms with Crippen LogP contribution in [0.25, 0.3) is 11.0 Å². The third-order valence-corrected chi connectivity index (χ3v) is 5.15. The molecule has 1 aromatic heterocycles. The lowest BCUT2D eigenvalue weighted by Crippen LogP contribution is -2.32. The maximum atomic E-state index is 12.6. The molecule has 178 valence electrons. The van der Waals surface area contributed by atoms with E-state index in [1.165, 1.54) is 36.4 Å². The number of rotatable bonds is 7. The van der Waals surface area contributed by atoms with E-state index in [2.05, 4.69) is 0 Å². The fraction of sp³-hybridized carbons (Fsp3) is 0.174. The number of nitro benzene ring substituents is 1. The zero-order valence-electron chi connectivity index (χ0n) is 18.1. The molecule has 3 aromatic rings. The average molecular weight is 480 g/mol. The van der Waals surface area contributed by atoms with E-state index in [0.29, 0.717) is 5.39 Å². The van der Waals surface area contributed by atoms with Gasteiger partial charge in [-0.2, -0.15) is 0 Å². The SMILES string of the molecule is CCOC(=O)c1cc2ccc(OC(=O)CCN3C(=O)c4cccc([N+](=O)[O-])c4C3=O)cc2oc1=O. The zero-order valence-corrected chi connectivity index (χ0v) is 18.1. The van der Waals surface area contributed by atoms with Crippen molar-refractivity contribution in [3.05, 3.63) is 79.7 Å². The molecule has 35 heavy (non-hydrogen) atoms. The van der Waals surface area contributed by atoms with Crippen LogP contribution in [0.4, 0.5) is 5.69 Å². The Hall–Kier alpha value is -4.87. The number of imide groups is 1. The summed E-state index contributed by atoms with van der Waals surface area (Å²) < 4.78 is 15.1. The standard InChI is InChI=1S/C23H16N2O10/c1-2-33-22(29)15-10-12-6-7-13(11-17(12)35-23(15)30)34-18(26)8-9-24-20(27)14-4-3-5-16(25(31)32)19(14)21(24)28/h3-7,10-11H,2,8-9H2,1H3. The van der Waals surface area contributed by atoms with E-state index in [4.69, 9.17) is 13.9 Å². The fourth-order valence-electron chi connectivity index (χ4n) is 3.56. The maximum absolute atomic E-state index is 12.6. The Balaban J connectivity index is 1.45. The number of hydrogen-bond acceptors (Lipinski definition) is 10. The number of nitro groups is 1. The second kappa shape index (κ2) is 9.17. The monoisotopic (exact) mass is 480 g/mol. The molecule has 4 rings (SSSR count). The van der Waals surface area contributed by atoms with Crippen molar-refractivity contribution in [2.24, 2.45) is 0 Å².